The summed E-state index contributed by atoms with van der Waals surface area (Å²) in [5, 5.41) is 18.5. The summed E-state index contributed by atoms with van der Waals surface area (Å²) in [6.07, 6.45) is 7.89. The van der Waals surface area contributed by atoms with E-state index in [0.717, 1.165) is 19.0 Å². The van der Waals surface area contributed by atoms with E-state index < -0.39 is 5.97 Å². The van der Waals surface area contributed by atoms with Gasteiger partial charge in [0.1, 0.15) is 17.1 Å². The summed E-state index contributed by atoms with van der Waals surface area (Å²) in [4.78, 5) is 13.6. The summed E-state index contributed by atoms with van der Waals surface area (Å²) in [5.41, 5.74) is 7.20. The van der Waals surface area contributed by atoms with Crippen LogP contribution < -0.4 is 0 Å². The molecule has 1 aliphatic carbocycles. The van der Waals surface area contributed by atoms with Crippen molar-refractivity contribution in [3.05, 3.63) is 100 Å². The Morgan fingerprint density at radius 2 is 1.50 bits per heavy atom. The van der Waals surface area contributed by atoms with Crippen LogP contribution >= 0.6 is 12.4 Å². The monoisotopic (exact) mass is 507 g/mol. The van der Waals surface area contributed by atoms with Gasteiger partial charge < -0.3 is 19.8 Å². The Morgan fingerprint density at radius 1 is 0.944 bits per heavy atom. The number of rotatable bonds is 5. The Bertz CT molecular complexity index is 1170. The van der Waals surface area contributed by atoms with Gasteiger partial charge in [0.2, 0.25) is 0 Å². The van der Waals surface area contributed by atoms with Crippen molar-refractivity contribution < 1.29 is 19.7 Å². The van der Waals surface area contributed by atoms with E-state index in [9.17, 15) is 9.90 Å². The largest absolute Gasteiger partial charge is 0.508 e. The molecule has 0 fully saturated rings. The second-order valence-corrected chi connectivity index (χ2v) is 8.59. The lowest BCUT2D eigenvalue weighted by Gasteiger charge is -2.13. The Morgan fingerprint density at radius 3 is 2.00 bits per heavy atom. The molecule has 5 nitrogen and oxygen atoms in total. The summed E-state index contributed by atoms with van der Waals surface area (Å²) < 4.78 is 4.75. The van der Waals surface area contributed by atoms with Gasteiger partial charge in [-0.25, -0.2) is 4.79 Å². The maximum atomic E-state index is 11.3. The van der Waals surface area contributed by atoms with Crippen LogP contribution in [0.25, 0.3) is 17.7 Å². The van der Waals surface area contributed by atoms with Crippen LogP contribution in [-0.4, -0.2) is 48.3 Å². The van der Waals surface area contributed by atoms with E-state index in [1.54, 1.807) is 13.8 Å². The number of phenolic OH excluding ortho intramolecular Hbond substituents is 2. The number of aromatic hydroxyl groups is 2. The topological polar surface area (TPSA) is 70.0 Å². The number of ether oxygens (including phenoxy) is 1. The van der Waals surface area contributed by atoms with E-state index in [-0.39, 0.29) is 36.1 Å². The van der Waals surface area contributed by atoms with Gasteiger partial charge >= 0.3 is 5.97 Å². The van der Waals surface area contributed by atoms with Crippen molar-refractivity contribution in [1.82, 2.24) is 4.90 Å². The number of nitrogens with zero attached hydrogens (tertiary/aromatic N) is 1. The summed E-state index contributed by atoms with van der Waals surface area (Å²) >= 11 is 0. The number of hydrogen-bond acceptors (Lipinski definition) is 5. The maximum Gasteiger partial charge on any atom is 0.342 e. The van der Waals surface area contributed by atoms with Crippen molar-refractivity contribution in [2.75, 3.05) is 27.2 Å². The molecule has 0 heterocycles. The first kappa shape index (κ1) is 28.7. The van der Waals surface area contributed by atoms with Crippen LogP contribution in [-0.2, 0) is 4.74 Å². The molecule has 4 rings (SSSR count). The number of halogens is 1. The van der Waals surface area contributed by atoms with Gasteiger partial charge in [0, 0.05) is 12.6 Å². The minimum atomic E-state index is -0.581. The normalized spacial score (nSPS) is 11.3. The number of phenols is 2. The third-order valence-corrected chi connectivity index (χ3v) is 5.65. The molecule has 0 atom stereocenters. The van der Waals surface area contributed by atoms with Gasteiger partial charge in [0.15, 0.2) is 0 Å². The van der Waals surface area contributed by atoms with Crippen LogP contribution in [0.15, 0.2) is 66.7 Å². The Balaban J connectivity index is 0.000000268. The van der Waals surface area contributed by atoms with Crippen LogP contribution in [0.4, 0.5) is 0 Å². The molecule has 0 aliphatic heterocycles. The lowest BCUT2D eigenvalue weighted by Crippen LogP contribution is -2.12. The van der Waals surface area contributed by atoms with Crippen LogP contribution in [0.2, 0.25) is 0 Å². The van der Waals surface area contributed by atoms with Crippen LogP contribution in [0.3, 0.4) is 0 Å². The third kappa shape index (κ3) is 7.23. The van der Waals surface area contributed by atoms with E-state index >= 15 is 0 Å². The highest BCUT2D eigenvalue weighted by atomic mass is 35.5. The predicted octanol–water partition coefficient (Wildman–Crippen LogP) is 6.56. The second-order valence-electron chi connectivity index (χ2n) is 8.59. The third-order valence-electron chi connectivity index (χ3n) is 5.65. The van der Waals surface area contributed by atoms with Gasteiger partial charge in [-0.15, -0.1) is 12.4 Å². The molecule has 0 saturated heterocycles. The van der Waals surface area contributed by atoms with Crippen molar-refractivity contribution in [2.24, 2.45) is 0 Å². The van der Waals surface area contributed by atoms with Crippen molar-refractivity contribution in [2.45, 2.75) is 20.3 Å². The Labute approximate surface area is 219 Å². The molecule has 36 heavy (non-hydrogen) atoms. The summed E-state index contributed by atoms with van der Waals surface area (Å²) in [6.45, 7) is 4.62. The molecule has 0 radical (unpaired) electrons. The number of carbonyl (C=O) groups is 1. The van der Waals surface area contributed by atoms with Gasteiger partial charge in [0.05, 0.1) is 6.61 Å². The molecule has 0 aromatic heterocycles. The first-order valence-corrected chi connectivity index (χ1v) is 11.7. The highest BCUT2D eigenvalue weighted by Crippen LogP contribution is 2.34. The zero-order valence-corrected chi connectivity index (χ0v) is 22.0. The second kappa shape index (κ2) is 13.5. The minimum Gasteiger partial charge on any atom is -0.508 e. The highest BCUT2D eigenvalue weighted by Gasteiger charge is 2.16. The zero-order chi connectivity index (χ0) is 25.4. The van der Waals surface area contributed by atoms with E-state index in [4.69, 9.17) is 9.84 Å². The fourth-order valence-corrected chi connectivity index (χ4v) is 4.01. The molecular formula is C30H34ClNO4. The van der Waals surface area contributed by atoms with Gasteiger partial charge in [-0.2, -0.15) is 0 Å². The van der Waals surface area contributed by atoms with Crippen molar-refractivity contribution in [3.8, 4) is 11.5 Å². The SMILES string of the molecule is CCOC(=O)c1c(C)cc(O)cc1O.CN(C)CCC=C1c2ccccc2C=Cc2ccccc21.Cl. The lowest BCUT2D eigenvalue weighted by atomic mass is 9.93. The van der Waals surface area contributed by atoms with Crippen LogP contribution in [0, 0.1) is 6.92 Å². The van der Waals surface area contributed by atoms with Crippen LogP contribution in [0.5, 0.6) is 11.5 Å². The molecule has 3 aromatic rings. The first-order valence-electron chi connectivity index (χ1n) is 11.7. The van der Waals surface area contributed by atoms with Gasteiger partial charge in [-0.3, -0.25) is 0 Å². The Hall–Kier alpha value is -3.54. The lowest BCUT2D eigenvalue weighted by molar-refractivity contribution is 0.0522. The number of fused-ring (bicyclic) bond motifs is 2. The van der Waals surface area contributed by atoms with Gasteiger partial charge in [-0.1, -0.05) is 66.8 Å². The summed E-state index contributed by atoms with van der Waals surface area (Å²) in [7, 11) is 4.24. The number of esters is 1. The van der Waals surface area contributed by atoms with Crippen molar-refractivity contribution in [1.29, 1.82) is 0 Å². The van der Waals surface area contributed by atoms with Crippen molar-refractivity contribution in [3.63, 3.8) is 0 Å². The first-order chi connectivity index (χ1) is 16.8. The number of aryl methyl sites for hydroxylation is 1. The van der Waals surface area contributed by atoms with E-state index in [1.807, 2.05) is 0 Å². The minimum absolute atomic E-state index is 0. The fourth-order valence-electron chi connectivity index (χ4n) is 4.01. The molecular weight excluding hydrogens is 474 g/mol. The smallest absolute Gasteiger partial charge is 0.342 e. The maximum absolute atomic E-state index is 11.3. The van der Waals surface area contributed by atoms with E-state index in [0.29, 0.717) is 5.56 Å². The van der Waals surface area contributed by atoms with Gasteiger partial charge in [0.25, 0.3) is 0 Å². The standard InChI is InChI=1S/C20H21N.C10H12O4.ClH/c1-21(2)15-7-12-20-18-10-5-3-8-16(18)13-14-17-9-4-6-11-19(17)20;1-3-14-10(13)9-6(2)4-7(11)5-8(9)12;/h3-6,8-14H,7,15H2,1-2H3;4-5,11-12H,3H2,1-2H3;1H. The number of benzene rings is 3. The molecule has 0 saturated carbocycles. The van der Waals surface area contributed by atoms with E-state index in [2.05, 4.69) is 85.8 Å². The molecule has 3 aromatic carbocycles. The highest BCUT2D eigenvalue weighted by molar-refractivity contribution is 5.94. The zero-order valence-electron chi connectivity index (χ0n) is 21.2. The molecule has 2 N–H and O–H groups in total. The van der Waals surface area contributed by atoms with Crippen LogP contribution in [0.1, 0.15) is 51.5 Å². The molecule has 6 heteroatoms. The van der Waals surface area contributed by atoms with Gasteiger partial charge in [-0.05, 0) is 73.8 Å². The summed E-state index contributed by atoms with van der Waals surface area (Å²) in [5.74, 6) is -0.920. The number of carbonyl (C=O) groups excluding carboxylic acids is 1. The average Bonchev–Trinajstić information content (AvgIpc) is 2.96. The molecule has 0 spiro atoms. The molecule has 0 amide bonds. The molecule has 1 aliphatic rings. The fraction of sp³-hybridized carbons (Fsp3) is 0.233. The van der Waals surface area contributed by atoms with E-state index in [1.165, 1.54) is 33.9 Å². The average molecular weight is 508 g/mol. The quantitative estimate of drug-likeness (QED) is 0.299. The molecule has 0 unspecified atom stereocenters. The predicted molar refractivity (Wildman–Crippen MR) is 150 cm³/mol. The number of hydrogen-bond donors (Lipinski definition) is 2. The Kier molecular flexibility index (Phi) is 10.8. The molecule has 190 valence electrons. The summed E-state index contributed by atoms with van der Waals surface area (Å²) in [6, 6.07) is 19.8. The molecule has 0 bridgehead atoms. The van der Waals surface area contributed by atoms with Crippen molar-refractivity contribution >= 4 is 36.1 Å².